The molecule has 24 heavy (non-hydrogen) atoms. The maximum atomic E-state index is 13.6. The minimum atomic E-state index is -0.571. The van der Waals surface area contributed by atoms with E-state index in [1.807, 2.05) is 0 Å². The lowest BCUT2D eigenvalue weighted by Crippen LogP contribution is -2.41. The number of ether oxygens (including phenoxy) is 1. The fourth-order valence-electron chi connectivity index (χ4n) is 2.97. The minimum Gasteiger partial charge on any atom is -0.377 e. The first-order valence-electron chi connectivity index (χ1n) is 7.91. The highest BCUT2D eigenvalue weighted by Gasteiger charge is 2.35. The van der Waals surface area contributed by atoms with E-state index in [0.717, 1.165) is 37.6 Å². The van der Waals surface area contributed by atoms with Crippen LogP contribution >= 0.6 is 24.0 Å². The second kappa shape index (κ2) is 8.94. The van der Waals surface area contributed by atoms with E-state index in [-0.39, 0.29) is 53.1 Å². The number of rotatable bonds is 3. The van der Waals surface area contributed by atoms with E-state index < -0.39 is 11.6 Å². The topological polar surface area (TPSA) is 59.6 Å². The van der Waals surface area contributed by atoms with E-state index in [4.69, 9.17) is 10.5 Å². The Kier molecular flexibility index (Phi) is 7.85. The Labute approximate surface area is 159 Å². The average molecular weight is 453 g/mol. The van der Waals surface area contributed by atoms with Gasteiger partial charge in [0.1, 0.15) is 11.6 Å². The average Bonchev–Trinajstić information content (AvgIpc) is 2.48. The quantitative estimate of drug-likeness (QED) is 0.411. The molecule has 4 nitrogen and oxygen atoms in total. The number of hydrogen-bond donors (Lipinski definition) is 2. The third-order valence-electron chi connectivity index (χ3n) is 3.99. The molecule has 136 valence electrons. The molecule has 1 aromatic carbocycles. The molecule has 0 spiro atoms. The maximum Gasteiger partial charge on any atom is 0.193 e. The fourth-order valence-corrected chi connectivity index (χ4v) is 2.97. The van der Waals surface area contributed by atoms with Crippen LogP contribution in [-0.4, -0.2) is 25.2 Å². The summed E-state index contributed by atoms with van der Waals surface area (Å²) in [6.07, 6.45) is 2.13. The molecule has 0 aliphatic carbocycles. The van der Waals surface area contributed by atoms with Gasteiger partial charge in [0.2, 0.25) is 0 Å². The summed E-state index contributed by atoms with van der Waals surface area (Å²) < 4.78 is 32.6. The van der Waals surface area contributed by atoms with E-state index in [9.17, 15) is 8.78 Å². The lowest BCUT2D eigenvalue weighted by molar-refractivity contribution is -0.0823. The highest BCUT2D eigenvalue weighted by molar-refractivity contribution is 14.0. The van der Waals surface area contributed by atoms with Gasteiger partial charge in [-0.25, -0.2) is 8.78 Å². The van der Waals surface area contributed by atoms with E-state index in [1.54, 1.807) is 0 Å². The first-order chi connectivity index (χ1) is 10.8. The zero-order chi connectivity index (χ0) is 17.0. The van der Waals surface area contributed by atoms with Crippen molar-refractivity contribution in [3.05, 3.63) is 29.8 Å². The first-order valence-corrected chi connectivity index (χ1v) is 7.91. The van der Waals surface area contributed by atoms with Crippen molar-refractivity contribution < 1.29 is 13.5 Å². The van der Waals surface area contributed by atoms with Gasteiger partial charge in [0.25, 0.3) is 0 Å². The molecule has 1 fully saturated rings. The SMILES string of the molecule is CC(C)(C)C1OCCCC1CN=C(N)Nc1cc(F)ccc1F.I. The fraction of sp³-hybridized carbons (Fsp3) is 0.588. The van der Waals surface area contributed by atoms with E-state index >= 15 is 0 Å². The monoisotopic (exact) mass is 453 g/mol. The summed E-state index contributed by atoms with van der Waals surface area (Å²) in [5, 5.41) is 2.62. The molecule has 1 aromatic rings. The highest BCUT2D eigenvalue weighted by Crippen LogP contribution is 2.34. The number of anilines is 1. The Morgan fingerprint density at radius 2 is 2.08 bits per heavy atom. The first kappa shape index (κ1) is 21.1. The van der Waals surface area contributed by atoms with Crippen LogP contribution in [0.1, 0.15) is 33.6 Å². The number of nitrogens with one attached hydrogen (secondary N) is 1. The number of guanidine groups is 1. The number of nitrogens with zero attached hydrogens (tertiary/aromatic N) is 1. The van der Waals surface area contributed by atoms with Gasteiger partial charge in [-0.05, 0) is 30.4 Å². The maximum absolute atomic E-state index is 13.6. The number of halogens is 3. The Balaban J connectivity index is 0.00000288. The molecule has 0 aromatic heterocycles. The van der Waals surface area contributed by atoms with Crippen LogP contribution in [0.5, 0.6) is 0 Å². The number of nitrogens with two attached hydrogens (primary N) is 1. The second-order valence-corrected chi connectivity index (χ2v) is 7.03. The molecule has 0 radical (unpaired) electrons. The summed E-state index contributed by atoms with van der Waals surface area (Å²) in [4.78, 5) is 4.29. The van der Waals surface area contributed by atoms with Gasteiger partial charge < -0.3 is 15.8 Å². The van der Waals surface area contributed by atoms with Gasteiger partial charge in [-0.1, -0.05) is 20.8 Å². The molecule has 1 aliphatic heterocycles. The number of aliphatic imine (C=N–C) groups is 1. The van der Waals surface area contributed by atoms with Crippen LogP contribution in [0.15, 0.2) is 23.2 Å². The Morgan fingerprint density at radius 3 is 2.75 bits per heavy atom. The van der Waals surface area contributed by atoms with Crippen LogP contribution in [0.3, 0.4) is 0 Å². The molecule has 0 amide bonds. The van der Waals surface area contributed by atoms with Crippen LogP contribution in [0.2, 0.25) is 0 Å². The zero-order valence-corrected chi connectivity index (χ0v) is 16.6. The van der Waals surface area contributed by atoms with Crippen molar-refractivity contribution >= 4 is 35.6 Å². The van der Waals surface area contributed by atoms with Crippen LogP contribution in [-0.2, 0) is 4.74 Å². The lowest BCUT2D eigenvalue weighted by atomic mass is 9.78. The third kappa shape index (κ3) is 5.84. The zero-order valence-electron chi connectivity index (χ0n) is 14.3. The molecule has 1 saturated heterocycles. The van der Waals surface area contributed by atoms with Crippen molar-refractivity contribution in [3.63, 3.8) is 0 Å². The normalized spacial score (nSPS) is 22.0. The molecule has 0 bridgehead atoms. The Morgan fingerprint density at radius 1 is 1.38 bits per heavy atom. The van der Waals surface area contributed by atoms with E-state index in [0.29, 0.717) is 6.54 Å². The van der Waals surface area contributed by atoms with Gasteiger partial charge in [-0.2, -0.15) is 0 Å². The van der Waals surface area contributed by atoms with Gasteiger partial charge in [-0.3, -0.25) is 4.99 Å². The summed E-state index contributed by atoms with van der Waals surface area (Å²) in [5.74, 6) is -0.762. The van der Waals surface area contributed by atoms with Crippen molar-refractivity contribution in [1.82, 2.24) is 0 Å². The molecule has 1 heterocycles. The standard InChI is InChI=1S/C17H25F2N3O.HI/c1-17(2,3)15-11(5-4-8-23-15)10-21-16(20)22-14-9-12(18)6-7-13(14)19;/h6-7,9,11,15H,4-5,8,10H2,1-3H3,(H3,20,21,22);1H. The molecule has 3 N–H and O–H groups in total. The van der Waals surface area contributed by atoms with Gasteiger partial charge in [0.05, 0.1) is 11.8 Å². The summed E-state index contributed by atoms with van der Waals surface area (Å²) >= 11 is 0. The largest absolute Gasteiger partial charge is 0.377 e. The molecule has 2 atom stereocenters. The van der Waals surface area contributed by atoms with Gasteiger partial charge in [-0.15, -0.1) is 24.0 Å². The van der Waals surface area contributed by atoms with Crippen molar-refractivity contribution in [2.75, 3.05) is 18.5 Å². The van der Waals surface area contributed by atoms with E-state index in [1.165, 1.54) is 0 Å². The van der Waals surface area contributed by atoms with Crippen LogP contribution in [0.4, 0.5) is 14.5 Å². The summed E-state index contributed by atoms with van der Waals surface area (Å²) in [5.41, 5.74) is 5.82. The van der Waals surface area contributed by atoms with Gasteiger partial charge in [0.15, 0.2) is 5.96 Å². The van der Waals surface area contributed by atoms with Crippen molar-refractivity contribution in [1.29, 1.82) is 0 Å². The van der Waals surface area contributed by atoms with Gasteiger partial charge in [0, 0.05) is 25.1 Å². The molecule has 1 aliphatic rings. The summed E-state index contributed by atoms with van der Waals surface area (Å²) in [6, 6.07) is 3.16. The second-order valence-electron chi connectivity index (χ2n) is 7.03. The van der Waals surface area contributed by atoms with E-state index in [2.05, 4.69) is 31.1 Å². The van der Waals surface area contributed by atoms with Crippen molar-refractivity contribution in [3.8, 4) is 0 Å². The molecule has 2 rings (SSSR count). The third-order valence-corrected chi connectivity index (χ3v) is 3.99. The Bertz CT molecular complexity index is 575. The molecular formula is C17H26F2IN3O. The summed E-state index contributed by atoms with van der Waals surface area (Å²) in [6.45, 7) is 7.69. The van der Waals surface area contributed by atoms with Crippen molar-refractivity contribution in [2.24, 2.45) is 22.1 Å². The number of hydrogen-bond acceptors (Lipinski definition) is 2. The predicted octanol–water partition coefficient (Wildman–Crippen LogP) is 4.15. The lowest BCUT2D eigenvalue weighted by Gasteiger charge is -2.39. The minimum absolute atomic E-state index is 0. The van der Waals surface area contributed by atoms with Crippen LogP contribution in [0.25, 0.3) is 0 Å². The summed E-state index contributed by atoms with van der Waals surface area (Å²) in [7, 11) is 0. The van der Waals surface area contributed by atoms with Gasteiger partial charge >= 0.3 is 0 Å². The molecular weight excluding hydrogens is 427 g/mol. The van der Waals surface area contributed by atoms with Crippen molar-refractivity contribution in [2.45, 2.75) is 39.7 Å². The predicted molar refractivity (Wildman–Crippen MR) is 104 cm³/mol. The Hall–Kier alpha value is -0.960. The smallest absolute Gasteiger partial charge is 0.193 e. The number of benzene rings is 1. The molecule has 7 heteroatoms. The molecule has 0 saturated carbocycles. The highest BCUT2D eigenvalue weighted by atomic mass is 127. The molecule has 2 unspecified atom stereocenters. The van der Waals surface area contributed by atoms with Crippen LogP contribution in [0, 0.1) is 23.0 Å². The van der Waals surface area contributed by atoms with Crippen LogP contribution < -0.4 is 11.1 Å².